The average molecular weight is 628 g/mol. The summed E-state index contributed by atoms with van der Waals surface area (Å²) in [5, 5.41) is 10.1. The minimum atomic E-state index is -0.980. The maximum Gasteiger partial charge on any atom is 0.335 e. The number of rotatable bonds is 8. The van der Waals surface area contributed by atoms with Crippen molar-refractivity contribution in [3.05, 3.63) is 62.5 Å². The SMILES string of the molecule is COc1cc(C=C2SC(=NC3CCCCC3)N(C3CCCCC3)C2=O)cc(Br)c1OCc1cccc(C(=O)O)c1. The van der Waals surface area contributed by atoms with E-state index < -0.39 is 5.97 Å². The number of methoxy groups -OCH3 is 1. The van der Waals surface area contributed by atoms with E-state index in [4.69, 9.17) is 14.5 Å². The van der Waals surface area contributed by atoms with Crippen LogP contribution in [0.5, 0.6) is 11.5 Å². The third-order valence-electron chi connectivity index (χ3n) is 7.75. The quantitative estimate of drug-likeness (QED) is 0.302. The number of carboxylic acid groups (broad SMARTS) is 1. The van der Waals surface area contributed by atoms with Crippen molar-refractivity contribution in [1.82, 2.24) is 4.90 Å². The van der Waals surface area contributed by atoms with Gasteiger partial charge in [-0.2, -0.15) is 0 Å². The Kier molecular flexibility index (Phi) is 9.52. The second-order valence-corrected chi connectivity index (χ2v) is 12.5. The summed E-state index contributed by atoms with van der Waals surface area (Å²) in [6.45, 7) is 0.183. The van der Waals surface area contributed by atoms with Crippen LogP contribution in [0, 0.1) is 0 Å². The summed E-state index contributed by atoms with van der Waals surface area (Å²) < 4.78 is 12.4. The molecule has 0 radical (unpaired) electrons. The van der Waals surface area contributed by atoms with Gasteiger partial charge in [-0.15, -0.1) is 0 Å². The fraction of sp³-hybridized carbons (Fsp3) is 0.452. The number of halogens is 1. The first-order chi connectivity index (χ1) is 19.4. The molecule has 0 unspecified atom stereocenters. The lowest BCUT2D eigenvalue weighted by molar-refractivity contribution is -0.124. The van der Waals surface area contributed by atoms with E-state index in [0.29, 0.717) is 26.9 Å². The Morgan fingerprint density at radius 3 is 2.52 bits per heavy atom. The fourth-order valence-corrected chi connectivity index (χ4v) is 7.35. The number of nitrogens with zero attached hydrogens (tertiary/aromatic N) is 2. The number of thioether (sulfide) groups is 1. The molecule has 5 rings (SSSR count). The summed E-state index contributed by atoms with van der Waals surface area (Å²) in [7, 11) is 1.58. The van der Waals surface area contributed by atoms with Crippen molar-refractivity contribution in [3.63, 3.8) is 0 Å². The summed E-state index contributed by atoms with van der Waals surface area (Å²) in [5.74, 6) is 0.0944. The van der Waals surface area contributed by atoms with Crippen molar-refractivity contribution >= 4 is 50.8 Å². The summed E-state index contributed by atoms with van der Waals surface area (Å²) >= 11 is 5.11. The van der Waals surface area contributed by atoms with Crippen LogP contribution in [0.25, 0.3) is 6.08 Å². The maximum atomic E-state index is 13.7. The second-order valence-electron chi connectivity index (χ2n) is 10.6. The highest BCUT2D eigenvalue weighted by atomic mass is 79.9. The molecule has 2 aliphatic carbocycles. The monoisotopic (exact) mass is 626 g/mol. The summed E-state index contributed by atoms with van der Waals surface area (Å²) in [6, 6.07) is 10.9. The predicted octanol–water partition coefficient (Wildman–Crippen LogP) is 7.67. The molecule has 1 aliphatic heterocycles. The van der Waals surface area contributed by atoms with Crippen LogP contribution < -0.4 is 9.47 Å². The number of carboxylic acids is 1. The van der Waals surface area contributed by atoms with Crippen molar-refractivity contribution in [2.75, 3.05) is 7.11 Å². The van der Waals surface area contributed by atoms with E-state index in [1.54, 1.807) is 25.3 Å². The number of aromatic carboxylic acids is 1. The van der Waals surface area contributed by atoms with Crippen molar-refractivity contribution in [1.29, 1.82) is 0 Å². The fourth-order valence-electron chi connectivity index (χ4n) is 5.67. The number of ether oxygens (including phenoxy) is 2. The van der Waals surface area contributed by atoms with Crippen LogP contribution in [0.1, 0.15) is 85.7 Å². The van der Waals surface area contributed by atoms with Crippen LogP contribution in [0.15, 0.2) is 50.8 Å². The van der Waals surface area contributed by atoms with E-state index in [0.717, 1.165) is 54.8 Å². The molecule has 2 aromatic rings. The molecule has 2 saturated carbocycles. The average Bonchev–Trinajstić information content (AvgIpc) is 3.27. The number of carbonyl (C=O) groups excluding carboxylic acids is 1. The first-order valence-electron chi connectivity index (χ1n) is 14.1. The second kappa shape index (κ2) is 13.3. The molecule has 0 spiro atoms. The predicted molar refractivity (Wildman–Crippen MR) is 162 cm³/mol. The molecular formula is C31H35BrN2O5S. The van der Waals surface area contributed by atoms with Gasteiger partial charge in [0.1, 0.15) is 6.61 Å². The van der Waals surface area contributed by atoms with Crippen molar-refractivity contribution in [3.8, 4) is 11.5 Å². The maximum absolute atomic E-state index is 13.7. The summed E-state index contributed by atoms with van der Waals surface area (Å²) in [4.78, 5) is 32.8. The molecule has 7 nitrogen and oxygen atoms in total. The van der Waals surface area contributed by atoms with Gasteiger partial charge in [-0.1, -0.05) is 50.7 Å². The molecule has 2 aromatic carbocycles. The number of hydrogen-bond donors (Lipinski definition) is 1. The normalized spacial score (nSPS) is 20.9. The molecule has 3 aliphatic rings. The molecule has 40 heavy (non-hydrogen) atoms. The first-order valence-corrected chi connectivity index (χ1v) is 15.7. The molecule has 212 valence electrons. The van der Waals surface area contributed by atoms with Crippen LogP contribution in [-0.4, -0.2) is 46.2 Å². The van der Waals surface area contributed by atoms with Gasteiger partial charge < -0.3 is 14.6 Å². The third-order valence-corrected chi connectivity index (χ3v) is 9.34. The Morgan fingerprint density at radius 1 is 1.10 bits per heavy atom. The Morgan fingerprint density at radius 2 is 1.82 bits per heavy atom. The van der Waals surface area contributed by atoms with E-state index >= 15 is 0 Å². The van der Waals surface area contributed by atoms with Crippen LogP contribution in [0.2, 0.25) is 0 Å². The topological polar surface area (TPSA) is 88.4 Å². The molecule has 1 saturated heterocycles. The van der Waals surface area contributed by atoms with Gasteiger partial charge in [0.15, 0.2) is 16.7 Å². The van der Waals surface area contributed by atoms with Gasteiger partial charge in [-0.3, -0.25) is 14.7 Å². The van der Waals surface area contributed by atoms with E-state index in [9.17, 15) is 14.7 Å². The van der Waals surface area contributed by atoms with Crippen molar-refractivity contribution in [2.24, 2.45) is 4.99 Å². The number of hydrogen-bond acceptors (Lipinski definition) is 6. The van der Waals surface area contributed by atoms with Gasteiger partial charge in [0.05, 0.1) is 28.1 Å². The molecule has 3 fully saturated rings. The Labute approximate surface area is 248 Å². The Hall–Kier alpha value is -2.78. The van der Waals surface area contributed by atoms with Gasteiger partial charge in [0.25, 0.3) is 5.91 Å². The van der Waals surface area contributed by atoms with Gasteiger partial charge in [-0.25, -0.2) is 4.79 Å². The van der Waals surface area contributed by atoms with Crippen LogP contribution in [0.4, 0.5) is 0 Å². The highest BCUT2D eigenvalue weighted by Crippen LogP contribution is 2.41. The zero-order valence-electron chi connectivity index (χ0n) is 22.7. The lowest BCUT2D eigenvalue weighted by atomic mass is 9.94. The van der Waals surface area contributed by atoms with Gasteiger partial charge >= 0.3 is 5.97 Å². The lowest BCUT2D eigenvalue weighted by Crippen LogP contribution is -2.41. The molecule has 0 bridgehead atoms. The summed E-state index contributed by atoms with van der Waals surface area (Å²) in [5.41, 5.74) is 1.77. The molecule has 1 amide bonds. The summed E-state index contributed by atoms with van der Waals surface area (Å²) in [6.07, 6.45) is 13.4. The number of carbonyl (C=O) groups is 2. The largest absolute Gasteiger partial charge is 0.493 e. The van der Waals surface area contributed by atoms with E-state index in [-0.39, 0.29) is 24.1 Å². The van der Waals surface area contributed by atoms with Crippen LogP contribution in [-0.2, 0) is 11.4 Å². The van der Waals surface area contributed by atoms with E-state index in [1.165, 1.54) is 37.4 Å². The number of aliphatic imine (C=N–C) groups is 1. The Bertz CT molecular complexity index is 1310. The van der Waals surface area contributed by atoms with E-state index in [1.807, 2.05) is 29.2 Å². The van der Waals surface area contributed by atoms with Gasteiger partial charge in [0.2, 0.25) is 0 Å². The minimum absolute atomic E-state index is 0.0418. The zero-order valence-corrected chi connectivity index (χ0v) is 25.1. The number of amides is 1. The molecular weight excluding hydrogens is 592 g/mol. The van der Waals surface area contributed by atoms with Crippen LogP contribution >= 0.6 is 27.7 Å². The minimum Gasteiger partial charge on any atom is -0.493 e. The number of amidine groups is 1. The smallest absolute Gasteiger partial charge is 0.335 e. The molecule has 0 atom stereocenters. The van der Waals surface area contributed by atoms with Gasteiger partial charge in [0, 0.05) is 6.04 Å². The van der Waals surface area contributed by atoms with Crippen molar-refractivity contribution in [2.45, 2.75) is 82.9 Å². The van der Waals surface area contributed by atoms with Gasteiger partial charge in [-0.05, 0) is 94.8 Å². The zero-order chi connectivity index (χ0) is 28.1. The van der Waals surface area contributed by atoms with E-state index in [2.05, 4.69) is 15.9 Å². The highest BCUT2D eigenvalue weighted by Gasteiger charge is 2.39. The lowest BCUT2D eigenvalue weighted by Gasteiger charge is -2.31. The molecule has 1 heterocycles. The van der Waals surface area contributed by atoms with Crippen LogP contribution in [0.3, 0.4) is 0 Å². The van der Waals surface area contributed by atoms with Crippen molar-refractivity contribution < 1.29 is 24.2 Å². The Balaban J connectivity index is 1.39. The highest BCUT2D eigenvalue weighted by molar-refractivity contribution is 9.10. The molecule has 0 aromatic heterocycles. The molecule has 1 N–H and O–H groups in total. The third kappa shape index (κ3) is 6.74. The number of benzene rings is 2. The molecule has 9 heteroatoms. The standard InChI is InChI=1S/C31H35BrN2O5S/c1-38-26-17-21(16-25(32)28(26)39-19-20-9-8-10-22(15-20)30(36)37)18-27-29(35)34(24-13-6-3-7-14-24)31(40-27)33-23-11-4-2-5-12-23/h8-10,15-18,23-24H,2-7,11-14,19H2,1H3,(H,36,37). The first kappa shape index (κ1) is 28.7.